The predicted molar refractivity (Wildman–Crippen MR) is 557 cm³/mol. The van der Waals surface area contributed by atoms with E-state index in [1.165, 1.54) is 238 Å². The van der Waals surface area contributed by atoms with Crippen molar-refractivity contribution in [3.63, 3.8) is 0 Å². The van der Waals surface area contributed by atoms with Crippen molar-refractivity contribution in [2.75, 3.05) is 0 Å². The van der Waals surface area contributed by atoms with Gasteiger partial charge in [0, 0.05) is 65.9 Å². The molecule has 15 rings (SSSR count). The Morgan fingerprint density at radius 3 is 0.636 bits per heavy atom. The molecular formula is C124H192F8. The van der Waals surface area contributed by atoms with Crippen LogP contribution in [0.4, 0.5) is 35.1 Å². The van der Waals surface area contributed by atoms with E-state index >= 15 is 0 Å². The van der Waals surface area contributed by atoms with Crippen molar-refractivity contribution in [3.05, 3.63) is 207 Å². The maximum atomic E-state index is 13.8. The second-order valence-electron chi connectivity index (χ2n) is 49.0. The lowest BCUT2D eigenvalue weighted by molar-refractivity contribution is -0.0153. The molecule has 0 amide bonds. The van der Waals surface area contributed by atoms with Gasteiger partial charge in [0.2, 0.25) is 0 Å². The fourth-order valence-corrected chi connectivity index (χ4v) is 26.1. The summed E-state index contributed by atoms with van der Waals surface area (Å²) in [5, 5.41) is 0. The molecule has 4 saturated carbocycles. The Hall–Kier alpha value is -5.24. The molecule has 0 aromatic heterocycles. The summed E-state index contributed by atoms with van der Waals surface area (Å²) in [5.74, 6) is -13.0. The number of allylic oxidation sites excluding steroid dienone is 24. The summed E-state index contributed by atoms with van der Waals surface area (Å²) in [6.45, 7) is 88.4. The van der Waals surface area contributed by atoms with Crippen LogP contribution < -0.4 is 0 Å². The van der Waals surface area contributed by atoms with Crippen LogP contribution >= 0.6 is 0 Å². The largest absolute Gasteiger partial charge is 0.295 e. The molecule has 0 atom stereocenters. The Labute approximate surface area is 805 Å². The molecular weight excluding hydrogens is 1640 g/mol. The molecule has 2 aromatic carbocycles. The minimum absolute atomic E-state index is 0.177. The van der Waals surface area contributed by atoms with Crippen LogP contribution in [0.5, 0.6) is 0 Å². The van der Waals surface area contributed by atoms with Gasteiger partial charge in [-0.05, 0) is 333 Å². The lowest BCUT2D eigenvalue weighted by Gasteiger charge is -2.51. The van der Waals surface area contributed by atoms with E-state index in [0.29, 0.717) is 43.3 Å². The van der Waals surface area contributed by atoms with E-state index in [1.54, 1.807) is 44.6 Å². The standard InChI is InChI=1S/C18H30.C16H26.C16H22.C16H30.C14H24.C12H10F4.C12H22.C12H20.C8H8F4/c1-15-16(2)18(11-7-4-8-12-18)14-13-17(15)9-5-3-6-10-17;1-13-14(2)16(9-5-6-10-16)12-11-15(13)7-3-4-8-15;1-11-12(2)16(5,6)14-10-8-7-9-13(14)15(11,3)4;1-7-15(8-2)11-12-16(9-3,10-4)14(6)13(15)5;1-9-10(2)14(7,8)12(4)11(3)13(9,5)6;1-7-8(2)12(15,16)10-6-4-3-5-9(10)11(7,13)14;2*1-9-10(2)12(5,6)8-7-11(9,3)4;1-5-6(2)8(11,12)4-3-7(5,9)10/h3-14H2,1-2H3;3-12H2,1-2H3;7-10H,1-6H3;7-12H2,1-6H3;1-8H3;3-6H,1-2H3;7-8H2,1-6H3;7-8H,1-6H3;3-4H,1-2H3. The van der Waals surface area contributed by atoms with Crippen LogP contribution in [0, 0.1) is 65.0 Å². The summed E-state index contributed by atoms with van der Waals surface area (Å²) in [6.07, 6.45) is 48.7. The average molecular weight is 1830 g/mol. The van der Waals surface area contributed by atoms with Crippen LogP contribution in [-0.4, -0.2) is 11.8 Å². The first-order chi connectivity index (χ1) is 60.4. The van der Waals surface area contributed by atoms with Gasteiger partial charge in [-0.3, -0.25) is 0 Å². The SMILES string of the molecule is CC1=C(C)C(C)(C)C(C)=C(C)C1(C)C.CC1=C(C)C(C)(C)C=CC1(C)C.CC1=C(C)C(C)(C)CCC1(C)C.CC1=C(C)C(C)(C)c2ccccc2C1(C)C.CC1=C(C)C(F)(F)C=CC1(F)F.CC1=C(C)C(F)(F)c2ccccc2C1(F)F.CC1=C(C)C2(CCCC2)CCC12CCCC2.CC1=C(C)C2(CCCCC2)CCC12CCCCC2.CCC1(CC)CCC(CC)(CC)C(C)=C1C. The van der Waals surface area contributed by atoms with E-state index in [2.05, 4.69) is 286 Å². The fourth-order valence-electron chi connectivity index (χ4n) is 26.1. The van der Waals surface area contributed by atoms with Crippen molar-refractivity contribution >= 4 is 0 Å². The van der Waals surface area contributed by atoms with E-state index in [-0.39, 0.29) is 44.6 Å². The third-order valence-electron chi connectivity index (χ3n) is 41.3. The number of hydrogen-bond donors (Lipinski definition) is 0. The van der Waals surface area contributed by atoms with E-state index in [1.807, 2.05) is 22.3 Å². The number of benzene rings is 2. The lowest BCUT2D eigenvalue weighted by Crippen LogP contribution is -2.38. The number of hydrogen-bond acceptors (Lipinski definition) is 0. The number of rotatable bonds is 4. The summed E-state index contributed by atoms with van der Waals surface area (Å²) >= 11 is 0. The topological polar surface area (TPSA) is 0 Å². The van der Waals surface area contributed by atoms with Gasteiger partial charge in [0.15, 0.2) is 0 Å². The zero-order valence-corrected chi connectivity index (χ0v) is 92.2. The summed E-state index contributed by atoms with van der Waals surface area (Å²) in [6, 6.07) is 13.7. The molecule has 13 aliphatic carbocycles. The van der Waals surface area contributed by atoms with Gasteiger partial charge >= 0.3 is 0 Å². The molecule has 744 valence electrons. The number of halogens is 8. The van der Waals surface area contributed by atoms with Crippen LogP contribution in [0.25, 0.3) is 0 Å². The van der Waals surface area contributed by atoms with Crippen LogP contribution in [-0.2, 0) is 22.7 Å². The molecule has 132 heavy (non-hydrogen) atoms. The van der Waals surface area contributed by atoms with Gasteiger partial charge in [0.1, 0.15) is 0 Å². The van der Waals surface area contributed by atoms with Crippen LogP contribution in [0.3, 0.4) is 0 Å². The molecule has 8 heteroatoms. The Kier molecular flexibility index (Phi) is 35.9. The minimum Gasteiger partial charge on any atom is -0.197 e. The van der Waals surface area contributed by atoms with Crippen molar-refractivity contribution in [2.45, 2.75) is 504 Å². The first-order valence-electron chi connectivity index (χ1n) is 52.4. The van der Waals surface area contributed by atoms with Crippen molar-refractivity contribution in [1.82, 2.24) is 0 Å². The van der Waals surface area contributed by atoms with E-state index in [0.717, 1.165) is 39.8 Å². The zero-order valence-electron chi connectivity index (χ0n) is 92.2. The van der Waals surface area contributed by atoms with Crippen molar-refractivity contribution in [1.29, 1.82) is 0 Å². The molecule has 0 unspecified atom stereocenters. The second kappa shape index (κ2) is 41.7. The zero-order chi connectivity index (χ0) is 101. The van der Waals surface area contributed by atoms with Gasteiger partial charge < -0.3 is 0 Å². The molecule has 2 aromatic rings. The van der Waals surface area contributed by atoms with Gasteiger partial charge in [-0.25, -0.2) is 0 Å². The third kappa shape index (κ3) is 22.3. The highest BCUT2D eigenvalue weighted by Gasteiger charge is 2.54. The maximum Gasteiger partial charge on any atom is 0.295 e. The van der Waals surface area contributed by atoms with E-state index in [9.17, 15) is 35.1 Å². The Morgan fingerprint density at radius 2 is 0.409 bits per heavy atom. The predicted octanol–water partition coefficient (Wildman–Crippen LogP) is 41.8. The Balaban J connectivity index is 0.000000204. The number of alkyl halides is 8. The van der Waals surface area contributed by atoms with Gasteiger partial charge in [-0.2, -0.15) is 35.1 Å². The summed E-state index contributed by atoms with van der Waals surface area (Å²) in [7, 11) is 0. The van der Waals surface area contributed by atoms with Gasteiger partial charge in [0.25, 0.3) is 23.7 Å². The molecule has 4 spiro atoms. The third-order valence-corrected chi connectivity index (χ3v) is 41.3. The summed E-state index contributed by atoms with van der Waals surface area (Å²) in [5.41, 5.74) is 31.7. The normalized spacial score (nSPS) is 26.2. The highest BCUT2D eigenvalue weighted by molar-refractivity contribution is 5.54. The molecule has 0 N–H and O–H groups in total. The minimum atomic E-state index is -3.30. The van der Waals surface area contributed by atoms with Crippen molar-refractivity contribution < 1.29 is 35.1 Å². The van der Waals surface area contributed by atoms with Gasteiger partial charge in [0.05, 0.1) is 0 Å². The van der Waals surface area contributed by atoms with Gasteiger partial charge in [-0.1, -0.05) is 353 Å². The summed E-state index contributed by atoms with van der Waals surface area (Å²) < 4.78 is 106. The van der Waals surface area contributed by atoms with Crippen LogP contribution in [0.15, 0.2) is 184 Å². The first-order valence-corrected chi connectivity index (χ1v) is 52.4. The van der Waals surface area contributed by atoms with Crippen molar-refractivity contribution in [2.24, 2.45) is 65.0 Å². The molecule has 4 fully saturated rings. The van der Waals surface area contributed by atoms with Gasteiger partial charge in [-0.15, -0.1) is 0 Å². The molecule has 0 saturated heterocycles. The molecule has 0 radical (unpaired) electrons. The molecule has 0 heterocycles. The van der Waals surface area contributed by atoms with Crippen LogP contribution in [0.1, 0.15) is 492 Å². The summed E-state index contributed by atoms with van der Waals surface area (Å²) in [4.78, 5) is 0. The Morgan fingerprint density at radius 1 is 0.197 bits per heavy atom. The molecule has 0 bridgehead atoms. The maximum absolute atomic E-state index is 13.8. The highest BCUT2D eigenvalue weighted by atomic mass is 19.3. The second-order valence-corrected chi connectivity index (χ2v) is 49.0. The Bertz CT molecular complexity index is 4290. The first kappa shape index (κ1) is 114. The lowest BCUT2D eigenvalue weighted by atomic mass is 9.54. The molecule has 13 aliphatic rings. The molecule has 0 aliphatic heterocycles. The highest BCUT2D eigenvalue weighted by Crippen LogP contribution is 2.64. The van der Waals surface area contributed by atoms with Crippen LogP contribution in [0.2, 0.25) is 0 Å². The van der Waals surface area contributed by atoms with E-state index in [4.69, 9.17) is 0 Å². The smallest absolute Gasteiger partial charge is 0.197 e. The fraction of sp³-hybridized carbons (Fsp3) is 0.710. The monoisotopic (exact) mass is 1830 g/mol. The average Bonchev–Trinajstić information content (AvgIpc) is 1.34. The van der Waals surface area contributed by atoms with Crippen molar-refractivity contribution in [3.8, 4) is 0 Å². The van der Waals surface area contributed by atoms with E-state index < -0.39 is 57.1 Å². The number of fused-ring (bicyclic) bond motifs is 2. The molecule has 0 nitrogen and oxygen atoms in total. The quantitative estimate of drug-likeness (QED) is 0.211.